The molecule has 0 radical (unpaired) electrons. The minimum atomic E-state index is 0. The number of unbranched alkanes of at least 4 members (excludes halogenated alkanes) is 10. The van der Waals surface area contributed by atoms with Crippen LogP contribution in [0, 0.1) is 0 Å². The lowest BCUT2D eigenvalue weighted by Crippen LogP contribution is -1.98. The van der Waals surface area contributed by atoms with Crippen LogP contribution in [0.25, 0.3) is 0 Å². The van der Waals surface area contributed by atoms with Crippen molar-refractivity contribution in [1.29, 1.82) is 0 Å². The van der Waals surface area contributed by atoms with E-state index < -0.39 is 0 Å². The number of hydrogen-bond donors (Lipinski definition) is 1. The second kappa shape index (κ2) is 18.2. The molecule has 0 bridgehead atoms. The number of rotatable bonds is 12. The van der Waals surface area contributed by atoms with Crippen molar-refractivity contribution >= 4 is 26.4 Å². The normalized spacial score (nSPS) is 10.1. The third-order valence-corrected chi connectivity index (χ3v) is 3.21. The van der Waals surface area contributed by atoms with Crippen LogP contribution in [-0.4, -0.2) is 6.54 Å². The molecule has 16 heavy (non-hydrogen) atoms. The molecule has 1 unspecified atom stereocenters. The topological polar surface area (TPSA) is 12.0 Å². The van der Waals surface area contributed by atoms with E-state index in [1.807, 2.05) is 0 Å². The van der Waals surface area contributed by atoms with Gasteiger partial charge in [0, 0.05) is 0 Å². The first-order valence-corrected chi connectivity index (χ1v) is 7.43. The van der Waals surface area contributed by atoms with Gasteiger partial charge in [-0.05, 0) is 13.0 Å². The van der Waals surface area contributed by atoms with Gasteiger partial charge in [0.2, 0.25) is 0 Å². The number of hydrogen-bond acceptors (Lipinski definition) is 1. The molecule has 0 amide bonds. The van der Waals surface area contributed by atoms with Gasteiger partial charge in [-0.3, -0.25) is 0 Å². The molecule has 0 saturated carbocycles. The summed E-state index contributed by atoms with van der Waals surface area (Å²) >= 11 is 0. The zero-order valence-corrected chi connectivity index (χ0v) is 13.8. The van der Waals surface area contributed by atoms with Gasteiger partial charge >= 0.3 is 0 Å². The Morgan fingerprint density at radius 3 is 1.44 bits per heavy atom. The lowest BCUT2D eigenvalue weighted by molar-refractivity contribution is 0.549. The first-order valence-electron chi connectivity index (χ1n) is 6.85. The van der Waals surface area contributed by atoms with Gasteiger partial charge in [-0.1, -0.05) is 80.5 Å². The Morgan fingerprint density at radius 1 is 0.688 bits per heavy atom. The lowest BCUT2D eigenvalue weighted by atomic mass is 10.1. The van der Waals surface area contributed by atoms with Gasteiger partial charge in [-0.2, -0.15) is 0 Å². The molecular formula is C13H31BrNP. The molecule has 0 fully saturated rings. The van der Waals surface area contributed by atoms with Crippen LogP contribution >= 0.6 is 26.4 Å². The lowest BCUT2D eigenvalue weighted by Gasteiger charge is -2.02. The van der Waals surface area contributed by atoms with E-state index in [2.05, 4.69) is 21.4 Å². The van der Waals surface area contributed by atoms with Gasteiger partial charge in [0.25, 0.3) is 0 Å². The molecule has 1 atom stereocenters. The Morgan fingerprint density at radius 2 is 1.06 bits per heavy atom. The molecule has 0 aromatic heterocycles. The summed E-state index contributed by atoms with van der Waals surface area (Å²) in [5.41, 5.74) is 0. The minimum absolute atomic E-state index is 0. The van der Waals surface area contributed by atoms with Crippen LogP contribution in [0.4, 0.5) is 0 Å². The van der Waals surface area contributed by atoms with Crippen molar-refractivity contribution in [2.24, 2.45) is 0 Å². The standard InChI is InChI=1S/C13H30NP.BrH/c1-2-3-4-5-6-7-8-9-10-11-12-13-14-15;/h14H,2-13,15H2,1H3;1H. The fourth-order valence-corrected chi connectivity index (χ4v) is 2.10. The average Bonchev–Trinajstić information content (AvgIpc) is 2.26. The van der Waals surface area contributed by atoms with Crippen LogP contribution in [-0.2, 0) is 0 Å². The van der Waals surface area contributed by atoms with E-state index in [9.17, 15) is 0 Å². The van der Waals surface area contributed by atoms with E-state index >= 15 is 0 Å². The van der Waals surface area contributed by atoms with Gasteiger partial charge in [-0.25, -0.2) is 0 Å². The average molecular weight is 312 g/mol. The molecule has 0 aromatic rings. The largest absolute Gasteiger partial charge is 0.301 e. The van der Waals surface area contributed by atoms with Crippen LogP contribution in [0.5, 0.6) is 0 Å². The highest BCUT2D eigenvalue weighted by atomic mass is 79.9. The van der Waals surface area contributed by atoms with Gasteiger partial charge in [0.15, 0.2) is 0 Å². The van der Waals surface area contributed by atoms with Crippen molar-refractivity contribution in [3.63, 3.8) is 0 Å². The van der Waals surface area contributed by atoms with Crippen molar-refractivity contribution in [3.8, 4) is 0 Å². The molecule has 0 aliphatic rings. The van der Waals surface area contributed by atoms with Crippen LogP contribution < -0.4 is 5.09 Å². The third kappa shape index (κ3) is 17.3. The van der Waals surface area contributed by atoms with Gasteiger partial charge < -0.3 is 5.09 Å². The quantitative estimate of drug-likeness (QED) is 0.383. The Balaban J connectivity index is 0. The maximum Gasteiger partial charge on any atom is -0.00144 e. The highest BCUT2D eigenvalue weighted by Gasteiger charge is 1.92. The predicted octanol–water partition coefficient (Wildman–Crippen LogP) is 5.26. The van der Waals surface area contributed by atoms with Crippen molar-refractivity contribution in [1.82, 2.24) is 5.09 Å². The summed E-state index contributed by atoms with van der Waals surface area (Å²) < 4.78 is 0. The Kier molecular flexibility index (Phi) is 21.9. The van der Waals surface area contributed by atoms with E-state index in [0.29, 0.717) is 0 Å². The van der Waals surface area contributed by atoms with Crippen LogP contribution in [0.15, 0.2) is 0 Å². The van der Waals surface area contributed by atoms with Crippen molar-refractivity contribution in [3.05, 3.63) is 0 Å². The van der Waals surface area contributed by atoms with E-state index in [0.717, 1.165) is 6.54 Å². The highest BCUT2D eigenvalue weighted by Crippen LogP contribution is 2.10. The third-order valence-electron chi connectivity index (χ3n) is 2.92. The van der Waals surface area contributed by atoms with Crippen LogP contribution in [0.2, 0.25) is 0 Å². The zero-order valence-electron chi connectivity index (χ0n) is 11.0. The van der Waals surface area contributed by atoms with E-state index in [-0.39, 0.29) is 17.0 Å². The minimum Gasteiger partial charge on any atom is -0.301 e. The Labute approximate surface area is 116 Å². The fourth-order valence-electron chi connectivity index (χ4n) is 1.89. The molecule has 1 N–H and O–H groups in total. The number of halogens is 1. The maximum atomic E-state index is 3.12. The summed E-state index contributed by atoms with van der Waals surface area (Å²) in [5.74, 6) is 0. The molecule has 3 heteroatoms. The molecule has 0 aromatic carbocycles. The molecule has 1 nitrogen and oxygen atoms in total. The molecule has 0 spiro atoms. The predicted molar refractivity (Wildman–Crippen MR) is 84.5 cm³/mol. The van der Waals surface area contributed by atoms with Crippen molar-refractivity contribution in [2.75, 3.05) is 6.54 Å². The summed E-state index contributed by atoms with van der Waals surface area (Å²) in [6.07, 6.45) is 15.7. The Hall–Kier alpha value is 0.870. The highest BCUT2D eigenvalue weighted by molar-refractivity contribution is 8.93. The summed E-state index contributed by atoms with van der Waals surface area (Å²) in [7, 11) is 2.56. The first-order chi connectivity index (χ1) is 7.41. The summed E-state index contributed by atoms with van der Waals surface area (Å²) in [4.78, 5) is 0. The smallest absolute Gasteiger partial charge is 0.00144 e. The maximum absolute atomic E-state index is 3.12. The Bertz CT molecular complexity index is 100. The van der Waals surface area contributed by atoms with Gasteiger partial charge in [0.1, 0.15) is 0 Å². The van der Waals surface area contributed by atoms with Gasteiger partial charge in [-0.15, -0.1) is 17.0 Å². The van der Waals surface area contributed by atoms with Crippen LogP contribution in [0.1, 0.15) is 77.6 Å². The molecule has 0 aliphatic carbocycles. The summed E-state index contributed by atoms with van der Waals surface area (Å²) in [6, 6.07) is 0. The van der Waals surface area contributed by atoms with E-state index in [1.54, 1.807) is 0 Å². The van der Waals surface area contributed by atoms with Gasteiger partial charge in [0.05, 0.1) is 0 Å². The fraction of sp³-hybridized carbons (Fsp3) is 1.00. The second-order valence-electron chi connectivity index (χ2n) is 4.49. The SMILES string of the molecule is Br.CCCCCCCCCCCCCNP. The first kappa shape index (κ1) is 19.2. The molecule has 100 valence electrons. The molecular weight excluding hydrogens is 281 g/mol. The molecule has 0 aliphatic heterocycles. The van der Waals surface area contributed by atoms with E-state index in [4.69, 9.17) is 0 Å². The summed E-state index contributed by atoms with van der Waals surface area (Å²) in [6.45, 7) is 3.44. The second-order valence-corrected chi connectivity index (χ2v) is 4.90. The molecule has 0 saturated heterocycles. The molecule has 0 heterocycles. The molecule has 0 rings (SSSR count). The monoisotopic (exact) mass is 311 g/mol. The zero-order chi connectivity index (χ0) is 11.2. The van der Waals surface area contributed by atoms with Crippen LogP contribution in [0.3, 0.4) is 0 Å². The van der Waals surface area contributed by atoms with E-state index in [1.165, 1.54) is 70.6 Å². The summed E-state index contributed by atoms with van der Waals surface area (Å²) in [5, 5.41) is 3.12. The van der Waals surface area contributed by atoms with Crippen molar-refractivity contribution < 1.29 is 0 Å². The van der Waals surface area contributed by atoms with Crippen molar-refractivity contribution in [2.45, 2.75) is 77.6 Å². The number of nitrogens with one attached hydrogen (secondary N) is 1.